The summed E-state index contributed by atoms with van der Waals surface area (Å²) in [5.41, 5.74) is 6.43. The Morgan fingerprint density at radius 2 is 1.75 bits per heavy atom. The number of anilines is 1. The molecule has 1 saturated heterocycles. The lowest BCUT2D eigenvalue weighted by atomic mass is 10.1. The van der Waals surface area contributed by atoms with Gasteiger partial charge in [0.05, 0.1) is 5.69 Å². The lowest BCUT2D eigenvalue weighted by molar-refractivity contribution is 0.0657. The Labute approximate surface area is 121 Å². The van der Waals surface area contributed by atoms with Crippen LogP contribution in [0.15, 0.2) is 24.3 Å². The highest BCUT2D eigenvalue weighted by atomic mass is 16.5. The summed E-state index contributed by atoms with van der Waals surface area (Å²) in [4.78, 5) is 2.35. The molecule has 0 saturated carbocycles. The summed E-state index contributed by atoms with van der Waals surface area (Å²) in [6, 6.07) is 7.40. The van der Waals surface area contributed by atoms with Crippen molar-refractivity contribution in [2.75, 3.05) is 32.0 Å². The van der Waals surface area contributed by atoms with Crippen LogP contribution in [-0.2, 0) is 0 Å². The number of hydrogen-bond donors (Lipinski definition) is 2. The Kier molecular flexibility index (Phi) is 6.15. The number of rotatable bonds is 5. The van der Waals surface area contributed by atoms with Crippen LogP contribution >= 0.6 is 0 Å². The van der Waals surface area contributed by atoms with E-state index in [1.54, 1.807) is 6.07 Å². The molecule has 112 valence electrons. The maximum absolute atomic E-state index is 10.1. The van der Waals surface area contributed by atoms with E-state index in [0.717, 1.165) is 13.1 Å². The van der Waals surface area contributed by atoms with Crippen LogP contribution in [0.5, 0.6) is 5.75 Å². The number of β-amino-alcohol motifs (C(OH)–C–C–N with tert-alkyl or cyclic N) is 1. The molecule has 4 nitrogen and oxygen atoms in total. The molecule has 0 radical (unpaired) electrons. The van der Waals surface area contributed by atoms with Gasteiger partial charge in [-0.1, -0.05) is 31.4 Å². The van der Waals surface area contributed by atoms with Crippen molar-refractivity contribution in [1.29, 1.82) is 0 Å². The minimum absolute atomic E-state index is 0.296. The van der Waals surface area contributed by atoms with Crippen LogP contribution in [0.4, 0.5) is 5.69 Å². The summed E-state index contributed by atoms with van der Waals surface area (Å²) in [5.74, 6) is 0.652. The SMILES string of the molecule is Nc1ccccc1OCC(O)CN1CCCCCCC1. The van der Waals surface area contributed by atoms with Gasteiger partial charge in [-0.05, 0) is 38.1 Å². The fraction of sp³-hybridized carbons (Fsp3) is 0.625. The second-order valence-electron chi connectivity index (χ2n) is 5.57. The molecule has 0 spiro atoms. The van der Waals surface area contributed by atoms with Gasteiger partial charge >= 0.3 is 0 Å². The first-order valence-electron chi connectivity index (χ1n) is 7.63. The summed E-state index contributed by atoms with van der Waals surface area (Å²) in [6.07, 6.45) is 5.98. The minimum Gasteiger partial charge on any atom is -0.489 e. The molecule has 0 aromatic heterocycles. The van der Waals surface area contributed by atoms with Crippen LogP contribution in [-0.4, -0.2) is 42.4 Å². The molecular formula is C16H26N2O2. The van der Waals surface area contributed by atoms with E-state index < -0.39 is 6.10 Å². The largest absolute Gasteiger partial charge is 0.489 e. The van der Waals surface area contributed by atoms with Crippen molar-refractivity contribution in [2.24, 2.45) is 0 Å². The number of nitrogens with zero attached hydrogens (tertiary/aromatic N) is 1. The zero-order valence-electron chi connectivity index (χ0n) is 12.1. The number of aliphatic hydroxyl groups is 1. The Morgan fingerprint density at radius 3 is 2.45 bits per heavy atom. The molecule has 0 amide bonds. The topological polar surface area (TPSA) is 58.7 Å². The Hall–Kier alpha value is -1.26. The van der Waals surface area contributed by atoms with Crippen LogP contribution in [0.3, 0.4) is 0 Å². The number of nitrogen functional groups attached to an aromatic ring is 1. The monoisotopic (exact) mass is 278 g/mol. The normalized spacial score (nSPS) is 19.1. The van der Waals surface area contributed by atoms with Crippen molar-refractivity contribution >= 4 is 5.69 Å². The van der Waals surface area contributed by atoms with E-state index in [2.05, 4.69) is 4.90 Å². The standard InChI is InChI=1S/C16H26N2O2/c17-15-8-4-5-9-16(15)20-13-14(19)12-18-10-6-2-1-3-7-11-18/h4-5,8-9,14,19H,1-3,6-7,10-13,17H2. The first-order valence-corrected chi connectivity index (χ1v) is 7.63. The van der Waals surface area contributed by atoms with Crippen LogP contribution in [0, 0.1) is 0 Å². The first kappa shape index (κ1) is 15.1. The van der Waals surface area contributed by atoms with E-state index in [1.807, 2.05) is 18.2 Å². The molecule has 1 aromatic rings. The Morgan fingerprint density at radius 1 is 1.10 bits per heavy atom. The van der Waals surface area contributed by atoms with Crippen LogP contribution in [0.2, 0.25) is 0 Å². The van der Waals surface area contributed by atoms with Gasteiger partial charge in [0.25, 0.3) is 0 Å². The molecular weight excluding hydrogens is 252 g/mol. The van der Waals surface area contributed by atoms with E-state index in [4.69, 9.17) is 10.5 Å². The van der Waals surface area contributed by atoms with E-state index in [-0.39, 0.29) is 0 Å². The van der Waals surface area contributed by atoms with Gasteiger partial charge in [-0.3, -0.25) is 0 Å². The fourth-order valence-electron chi connectivity index (χ4n) is 2.64. The lowest BCUT2D eigenvalue weighted by Gasteiger charge is -2.26. The van der Waals surface area contributed by atoms with Gasteiger partial charge in [-0.25, -0.2) is 0 Å². The van der Waals surface area contributed by atoms with E-state index in [1.165, 1.54) is 32.1 Å². The van der Waals surface area contributed by atoms with Gasteiger partial charge < -0.3 is 20.5 Å². The smallest absolute Gasteiger partial charge is 0.142 e. The van der Waals surface area contributed by atoms with E-state index >= 15 is 0 Å². The molecule has 2 rings (SSSR count). The summed E-state index contributed by atoms with van der Waals surface area (Å²) in [5, 5.41) is 10.1. The maximum Gasteiger partial charge on any atom is 0.142 e. The second-order valence-corrected chi connectivity index (χ2v) is 5.57. The molecule has 1 aromatic carbocycles. The number of hydrogen-bond acceptors (Lipinski definition) is 4. The van der Waals surface area contributed by atoms with Crippen molar-refractivity contribution in [1.82, 2.24) is 4.90 Å². The molecule has 1 fully saturated rings. The predicted octanol–water partition coefficient (Wildman–Crippen LogP) is 2.27. The van der Waals surface area contributed by atoms with Crippen LogP contribution in [0.1, 0.15) is 32.1 Å². The van der Waals surface area contributed by atoms with Crippen molar-refractivity contribution in [2.45, 2.75) is 38.2 Å². The number of likely N-dealkylation sites (tertiary alicyclic amines) is 1. The molecule has 4 heteroatoms. The minimum atomic E-state index is -0.464. The Balaban J connectivity index is 1.74. The number of aliphatic hydroxyl groups excluding tert-OH is 1. The average Bonchev–Trinajstić information content (AvgIpc) is 2.41. The van der Waals surface area contributed by atoms with Gasteiger partial charge in [0, 0.05) is 6.54 Å². The summed E-state index contributed by atoms with van der Waals surface area (Å²) < 4.78 is 5.59. The summed E-state index contributed by atoms with van der Waals surface area (Å²) in [7, 11) is 0. The third kappa shape index (κ3) is 5.02. The second kappa shape index (κ2) is 8.12. The summed E-state index contributed by atoms with van der Waals surface area (Å²) >= 11 is 0. The molecule has 1 aliphatic rings. The molecule has 0 bridgehead atoms. The predicted molar refractivity (Wildman–Crippen MR) is 81.9 cm³/mol. The third-order valence-corrected chi connectivity index (χ3v) is 3.77. The van der Waals surface area contributed by atoms with Crippen molar-refractivity contribution in [3.8, 4) is 5.75 Å². The lowest BCUT2D eigenvalue weighted by Crippen LogP contribution is -2.37. The number of para-hydroxylation sites is 2. The quantitative estimate of drug-likeness (QED) is 0.811. The van der Waals surface area contributed by atoms with E-state index in [9.17, 15) is 5.11 Å². The molecule has 0 aliphatic carbocycles. The van der Waals surface area contributed by atoms with Crippen LogP contribution in [0.25, 0.3) is 0 Å². The molecule has 1 heterocycles. The highest BCUT2D eigenvalue weighted by Crippen LogP contribution is 2.20. The fourth-order valence-corrected chi connectivity index (χ4v) is 2.64. The first-order chi connectivity index (χ1) is 9.75. The van der Waals surface area contributed by atoms with E-state index in [0.29, 0.717) is 24.6 Å². The number of benzene rings is 1. The van der Waals surface area contributed by atoms with Gasteiger partial charge in [0.1, 0.15) is 18.5 Å². The molecule has 20 heavy (non-hydrogen) atoms. The number of nitrogens with two attached hydrogens (primary N) is 1. The molecule has 1 atom stereocenters. The summed E-state index contributed by atoms with van der Waals surface area (Å²) in [6.45, 7) is 3.16. The van der Waals surface area contributed by atoms with Crippen molar-refractivity contribution in [3.63, 3.8) is 0 Å². The van der Waals surface area contributed by atoms with Gasteiger partial charge in [0.2, 0.25) is 0 Å². The Bertz CT molecular complexity index is 390. The van der Waals surface area contributed by atoms with Gasteiger partial charge in [0.15, 0.2) is 0 Å². The highest BCUT2D eigenvalue weighted by molar-refractivity contribution is 5.51. The molecule has 1 unspecified atom stereocenters. The zero-order chi connectivity index (χ0) is 14.2. The average molecular weight is 278 g/mol. The number of ether oxygens (including phenoxy) is 1. The maximum atomic E-state index is 10.1. The van der Waals surface area contributed by atoms with Gasteiger partial charge in [-0.2, -0.15) is 0 Å². The van der Waals surface area contributed by atoms with Gasteiger partial charge in [-0.15, -0.1) is 0 Å². The van der Waals surface area contributed by atoms with Crippen molar-refractivity contribution < 1.29 is 9.84 Å². The molecule has 1 aliphatic heterocycles. The third-order valence-electron chi connectivity index (χ3n) is 3.77. The molecule has 3 N–H and O–H groups in total. The van der Waals surface area contributed by atoms with Crippen LogP contribution < -0.4 is 10.5 Å². The van der Waals surface area contributed by atoms with Crippen molar-refractivity contribution in [3.05, 3.63) is 24.3 Å². The highest BCUT2D eigenvalue weighted by Gasteiger charge is 2.14. The zero-order valence-corrected chi connectivity index (χ0v) is 12.1.